The first-order valence-corrected chi connectivity index (χ1v) is 7.80. The minimum atomic E-state index is 0.127. The Balaban J connectivity index is 2.01. The van der Waals surface area contributed by atoms with Gasteiger partial charge in [-0.05, 0) is 48.7 Å². The summed E-state index contributed by atoms with van der Waals surface area (Å²) >= 11 is 0. The van der Waals surface area contributed by atoms with Crippen LogP contribution in [0.5, 0.6) is 5.88 Å². The molecule has 0 aliphatic carbocycles. The van der Waals surface area contributed by atoms with Gasteiger partial charge in [0.05, 0.1) is 19.3 Å². The normalized spacial score (nSPS) is 17.1. The number of likely N-dealkylation sites (N-methyl/N-ethyl adjacent to an activating group) is 1. The van der Waals surface area contributed by atoms with Gasteiger partial charge in [0.25, 0.3) is 0 Å². The summed E-state index contributed by atoms with van der Waals surface area (Å²) in [5.41, 5.74) is 5.07. The summed E-state index contributed by atoms with van der Waals surface area (Å²) in [7, 11) is 1.96. The van der Waals surface area contributed by atoms with Crippen molar-refractivity contribution in [1.82, 2.24) is 10.3 Å². The number of nitrogens with one attached hydrogen (secondary N) is 1. The van der Waals surface area contributed by atoms with E-state index in [2.05, 4.69) is 28.5 Å². The van der Waals surface area contributed by atoms with Crippen molar-refractivity contribution in [2.24, 2.45) is 0 Å². The number of rotatable bonds is 5. The van der Waals surface area contributed by atoms with Crippen molar-refractivity contribution in [3.8, 4) is 17.0 Å². The van der Waals surface area contributed by atoms with Crippen molar-refractivity contribution in [1.29, 1.82) is 0 Å². The lowest BCUT2D eigenvalue weighted by Gasteiger charge is -2.28. The van der Waals surface area contributed by atoms with E-state index in [0.717, 1.165) is 25.1 Å². The summed E-state index contributed by atoms with van der Waals surface area (Å²) in [5.74, 6) is 0.677. The van der Waals surface area contributed by atoms with Crippen LogP contribution in [0.25, 0.3) is 11.1 Å². The molecule has 1 atom stereocenters. The molecule has 4 nitrogen and oxygen atoms in total. The van der Waals surface area contributed by atoms with Gasteiger partial charge in [-0.25, -0.2) is 4.98 Å². The molecule has 2 aromatic rings. The number of hydrogen-bond acceptors (Lipinski definition) is 4. The number of aromatic nitrogens is 1. The Morgan fingerprint density at radius 1 is 1.36 bits per heavy atom. The largest absolute Gasteiger partial charge is 0.478 e. The van der Waals surface area contributed by atoms with Crippen LogP contribution in [-0.2, 0) is 11.2 Å². The van der Waals surface area contributed by atoms with Crippen LogP contribution in [0.2, 0.25) is 0 Å². The Morgan fingerprint density at radius 2 is 2.27 bits per heavy atom. The van der Waals surface area contributed by atoms with Gasteiger partial charge in [-0.2, -0.15) is 0 Å². The SMILES string of the molecule is CCOc1cc(-c2cccc3c2CCO[C@H]3CNC)ccn1. The van der Waals surface area contributed by atoms with E-state index in [1.165, 1.54) is 16.7 Å². The van der Waals surface area contributed by atoms with E-state index in [4.69, 9.17) is 9.47 Å². The Bertz CT molecular complexity index is 643. The van der Waals surface area contributed by atoms with E-state index in [1.807, 2.05) is 32.3 Å². The lowest BCUT2D eigenvalue weighted by atomic mass is 9.90. The monoisotopic (exact) mass is 298 g/mol. The number of hydrogen-bond donors (Lipinski definition) is 1. The highest BCUT2D eigenvalue weighted by atomic mass is 16.5. The van der Waals surface area contributed by atoms with Crippen molar-refractivity contribution < 1.29 is 9.47 Å². The zero-order chi connectivity index (χ0) is 15.4. The molecule has 0 saturated heterocycles. The molecular formula is C18H22N2O2. The molecule has 22 heavy (non-hydrogen) atoms. The quantitative estimate of drug-likeness (QED) is 0.921. The van der Waals surface area contributed by atoms with Gasteiger partial charge >= 0.3 is 0 Å². The second-order valence-electron chi connectivity index (χ2n) is 5.36. The molecule has 1 aromatic carbocycles. The van der Waals surface area contributed by atoms with Crippen LogP contribution in [0.3, 0.4) is 0 Å². The second kappa shape index (κ2) is 6.90. The summed E-state index contributed by atoms with van der Waals surface area (Å²) < 4.78 is 11.4. The fourth-order valence-corrected chi connectivity index (χ4v) is 3.01. The average Bonchev–Trinajstić information content (AvgIpc) is 2.55. The molecule has 2 heterocycles. The molecule has 1 N–H and O–H groups in total. The topological polar surface area (TPSA) is 43.4 Å². The molecule has 0 spiro atoms. The summed E-state index contributed by atoms with van der Waals surface area (Å²) in [6.45, 7) is 4.19. The maximum absolute atomic E-state index is 5.90. The summed E-state index contributed by atoms with van der Waals surface area (Å²) in [5, 5.41) is 3.21. The first-order chi connectivity index (χ1) is 10.8. The van der Waals surface area contributed by atoms with E-state index < -0.39 is 0 Å². The number of pyridine rings is 1. The molecule has 0 radical (unpaired) electrons. The van der Waals surface area contributed by atoms with E-state index >= 15 is 0 Å². The fraction of sp³-hybridized carbons (Fsp3) is 0.389. The van der Waals surface area contributed by atoms with Crippen molar-refractivity contribution >= 4 is 0 Å². The molecule has 0 unspecified atom stereocenters. The van der Waals surface area contributed by atoms with Crippen LogP contribution in [0.4, 0.5) is 0 Å². The van der Waals surface area contributed by atoms with Crippen molar-refractivity contribution in [3.05, 3.63) is 47.7 Å². The summed E-state index contributed by atoms with van der Waals surface area (Å²) in [6, 6.07) is 10.5. The molecular weight excluding hydrogens is 276 g/mol. The Kier molecular flexibility index (Phi) is 4.71. The molecule has 0 fully saturated rings. The van der Waals surface area contributed by atoms with Gasteiger partial charge in [0.2, 0.25) is 5.88 Å². The third-order valence-corrected chi connectivity index (χ3v) is 3.96. The van der Waals surface area contributed by atoms with E-state index in [9.17, 15) is 0 Å². The number of nitrogens with zero attached hydrogens (tertiary/aromatic N) is 1. The van der Waals surface area contributed by atoms with Crippen LogP contribution in [0.15, 0.2) is 36.5 Å². The standard InChI is InChI=1S/C18H22N2O2/c1-3-21-18-11-13(7-9-20-18)14-5-4-6-16-15(14)8-10-22-17(16)12-19-2/h4-7,9,11,17,19H,3,8,10,12H2,1-2H3/t17-/m0/s1. The van der Waals surface area contributed by atoms with Gasteiger partial charge < -0.3 is 14.8 Å². The van der Waals surface area contributed by atoms with Gasteiger partial charge in [0.1, 0.15) is 0 Å². The Labute approximate surface area is 131 Å². The predicted molar refractivity (Wildman–Crippen MR) is 87.2 cm³/mol. The molecule has 3 rings (SSSR count). The van der Waals surface area contributed by atoms with Crippen molar-refractivity contribution in [3.63, 3.8) is 0 Å². The molecule has 4 heteroatoms. The van der Waals surface area contributed by atoms with Crippen LogP contribution in [0.1, 0.15) is 24.2 Å². The first-order valence-electron chi connectivity index (χ1n) is 7.80. The van der Waals surface area contributed by atoms with E-state index in [1.54, 1.807) is 0 Å². The molecule has 0 bridgehead atoms. The number of benzene rings is 1. The van der Waals surface area contributed by atoms with E-state index in [-0.39, 0.29) is 6.10 Å². The first kappa shape index (κ1) is 15.0. The van der Waals surface area contributed by atoms with Crippen LogP contribution < -0.4 is 10.1 Å². The second-order valence-corrected chi connectivity index (χ2v) is 5.36. The zero-order valence-electron chi connectivity index (χ0n) is 13.1. The van der Waals surface area contributed by atoms with Crippen molar-refractivity contribution in [2.45, 2.75) is 19.4 Å². The molecule has 1 aliphatic heterocycles. The Morgan fingerprint density at radius 3 is 3.09 bits per heavy atom. The van der Waals surface area contributed by atoms with Gasteiger partial charge in [-0.15, -0.1) is 0 Å². The fourth-order valence-electron chi connectivity index (χ4n) is 3.01. The number of fused-ring (bicyclic) bond motifs is 1. The van der Waals surface area contributed by atoms with Gasteiger partial charge in [0.15, 0.2) is 0 Å². The highest BCUT2D eigenvalue weighted by molar-refractivity contribution is 5.70. The van der Waals surface area contributed by atoms with Crippen LogP contribution in [0, 0.1) is 0 Å². The van der Waals surface area contributed by atoms with Crippen molar-refractivity contribution in [2.75, 3.05) is 26.8 Å². The maximum atomic E-state index is 5.90. The summed E-state index contributed by atoms with van der Waals surface area (Å²) in [4.78, 5) is 4.25. The van der Waals surface area contributed by atoms with E-state index in [0.29, 0.717) is 12.5 Å². The predicted octanol–water partition coefficient (Wildman–Crippen LogP) is 2.98. The summed E-state index contributed by atoms with van der Waals surface area (Å²) in [6.07, 6.45) is 2.88. The van der Waals surface area contributed by atoms with Gasteiger partial charge in [-0.3, -0.25) is 0 Å². The number of ether oxygens (including phenoxy) is 2. The molecule has 1 aromatic heterocycles. The van der Waals surface area contributed by atoms with Gasteiger partial charge in [0, 0.05) is 18.8 Å². The zero-order valence-corrected chi connectivity index (χ0v) is 13.1. The van der Waals surface area contributed by atoms with Crippen LogP contribution >= 0.6 is 0 Å². The lowest BCUT2D eigenvalue weighted by Crippen LogP contribution is -2.25. The lowest BCUT2D eigenvalue weighted by molar-refractivity contribution is 0.0440. The average molecular weight is 298 g/mol. The Hall–Kier alpha value is -1.91. The molecule has 0 amide bonds. The molecule has 0 saturated carbocycles. The maximum Gasteiger partial charge on any atom is 0.213 e. The minimum absolute atomic E-state index is 0.127. The molecule has 116 valence electrons. The highest BCUT2D eigenvalue weighted by Crippen LogP contribution is 2.34. The van der Waals surface area contributed by atoms with Crippen LogP contribution in [-0.4, -0.2) is 31.8 Å². The highest BCUT2D eigenvalue weighted by Gasteiger charge is 2.22. The smallest absolute Gasteiger partial charge is 0.213 e. The third kappa shape index (κ3) is 2.98. The third-order valence-electron chi connectivity index (χ3n) is 3.96. The van der Waals surface area contributed by atoms with Gasteiger partial charge in [-0.1, -0.05) is 18.2 Å². The molecule has 1 aliphatic rings. The minimum Gasteiger partial charge on any atom is -0.478 e.